The topological polar surface area (TPSA) is 22.6 Å². The highest BCUT2D eigenvalue weighted by atomic mass is 15.2. The number of aromatic nitrogens is 1. The minimum absolute atomic E-state index is 0.973. The lowest BCUT2D eigenvalue weighted by Crippen LogP contribution is -2.40. The van der Waals surface area contributed by atoms with Crippen molar-refractivity contribution in [2.24, 2.45) is 0 Å². The Bertz CT molecular complexity index is 438. The van der Waals surface area contributed by atoms with E-state index in [1.807, 2.05) is 0 Å². The smallest absolute Gasteiger partial charge is 0.0550 e. The van der Waals surface area contributed by atoms with Crippen molar-refractivity contribution in [1.82, 2.24) is 19.7 Å². The summed E-state index contributed by atoms with van der Waals surface area (Å²) in [7, 11) is 0. The molecule has 0 aromatic carbocycles. The number of aryl methyl sites for hydroxylation is 1. The van der Waals surface area contributed by atoms with E-state index in [0.717, 1.165) is 65.3 Å². The molecule has 2 rings (SSSR count). The average Bonchev–Trinajstić information content (AvgIpc) is 2.58. The quantitative estimate of drug-likeness (QED) is 0.851. The molecular weight excluding hydrogens is 284 g/mol. The van der Waals surface area contributed by atoms with Gasteiger partial charge in [-0.2, -0.15) is 0 Å². The summed E-state index contributed by atoms with van der Waals surface area (Å²) in [4.78, 5) is 12.6. The van der Waals surface area contributed by atoms with Gasteiger partial charge in [-0.05, 0) is 43.8 Å². The maximum Gasteiger partial charge on any atom is 0.0550 e. The zero-order chi connectivity index (χ0) is 16.7. The third-order valence-electron chi connectivity index (χ3n) is 4.98. The van der Waals surface area contributed by atoms with Gasteiger partial charge in [0.15, 0.2) is 0 Å². The van der Waals surface area contributed by atoms with Gasteiger partial charge in [-0.3, -0.25) is 14.8 Å². The summed E-state index contributed by atoms with van der Waals surface area (Å²) in [6.45, 7) is 18.9. The van der Waals surface area contributed by atoms with Crippen molar-refractivity contribution >= 4 is 0 Å². The summed E-state index contributed by atoms with van der Waals surface area (Å²) in [5.74, 6) is 0. The molecule has 23 heavy (non-hydrogen) atoms. The average molecular weight is 319 g/mol. The molecule has 1 aromatic rings. The summed E-state index contributed by atoms with van der Waals surface area (Å²) in [6, 6.07) is 4.59. The second-order valence-electron chi connectivity index (χ2n) is 6.48. The maximum atomic E-state index is 4.95. The number of nitrogens with zero attached hydrogens (tertiary/aromatic N) is 4. The lowest BCUT2D eigenvalue weighted by molar-refractivity contribution is 0.175. The largest absolute Gasteiger partial charge is 0.301 e. The van der Waals surface area contributed by atoms with Gasteiger partial charge in [0.25, 0.3) is 0 Å². The van der Waals surface area contributed by atoms with Gasteiger partial charge in [0.2, 0.25) is 0 Å². The molecule has 0 unspecified atom stereocenters. The van der Waals surface area contributed by atoms with Crippen LogP contribution in [0.3, 0.4) is 0 Å². The first-order valence-corrected chi connectivity index (χ1v) is 9.34. The molecule has 1 aliphatic heterocycles. The lowest BCUT2D eigenvalue weighted by Gasteiger charge is -2.30. The van der Waals surface area contributed by atoms with E-state index in [4.69, 9.17) is 4.98 Å². The molecule has 2 heterocycles. The standard InChI is InChI=1S/C19H34N4/c1-5-17-13-18-15-22(7-3)11-9-21(6-2)10-12-23(8-4)16-19(14-17)20-18/h13-14H,5-12,15-16H2,1-4H3. The molecule has 2 bridgehead atoms. The van der Waals surface area contributed by atoms with E-state index in [0.29, 0.717) is 0 Å². The molecule has 1 aromatic heterocycles. The molecule has 0 atom stereocenters. The zero-order valence-electron chi connectivity index (χ0n) is 15.5. The molecule has 4 nitrogen and oxygen atoms in total. The van der Waals surface area contributed by atoms with Gasteiger partial charge in [0.1, 0.15) is 0 Å². The van der Waals surface area contributed by atoms with Gasteiger partial charge in [0.05, 0.1) is 11.4 Å². The molecule has 0 amide bonds. The van der Waals surface area contributed by atoms with Crippen LogP contribution in [0.15, 0.2) is 12.1 Å². The third-order valence-corrected chi connectivity index (χ3v) is 4.98. The van der Waals surface area contributed by atoms with Gasteiger partial charge in [-0.1, -0.05) is 27.7 Å². The minimum atomic E-state index is 0.973. The number of fused-ring (bicyclic) bond motifs is 2. The van der Waals surface area contributed by atoms with Crippen LogP contribution in [0.25, 0.3) is 0 Å². The highest BCUT2D eigenvalue weighted by Crippen LogP contribution is 2.13. The first-order valence-electron chi connectivity index (χ1n) is 9.34. The first-order chi connectivity index (χ1) is 11.2. The molecule has 0 N–H and O–H groups in total. The van der Waals surface area contributed by atoms with Gasteiger partial charge >= 0.3 is 0 Å². The minimum Gasteiger partial charge on any atom is -0.301 e. The van der Waals surface area contributed by atoms with Crippen LogP contribution < -0.4 is 0 Å². The number of likely N-dealkylation sites (N-methyl/N-ethyl adjacent to an activating group) is 3. The SMILES string of the molecule is CCc1cc2nc(c1)CN(CC)CCN(CC)CCN(CC)C2. The van der Waals surface area contributed by atoms with Crippen LogP contribution in [-0.2, 0) is 19.5 Å². The molecule has 0 saturated carbocycles. The van der Waals surface area contributed by atoms with Gasteiger partial charge in [0, 0.05) is 39.3 Å². The first kappa shape index (κ1) is 18.4. The predicted molar refractivity (Wildman–Crippen MR) is 97.6 cm³/mol. The van der Waals surface area contributed by atoms with Crippen LogP contribution in [0, 0.1) is 0 Å². The highest BCUT2D eigenvalue weighted by molar-refractivity contribution is 5.22. The Kier molecular flexibility index (Phi) is 7.47. The van der Waals surface area contributed by atoms with E-state index in [9.17, 15) is 0 Å². The number of hydrogen-bond donors (Lipinski definition) is 0. The van der Waals surface area contributed by atoms with Crippen LogP contribution in [-0.4, -0.2) is 65.5 Å². The van der Waals surface area contributed by atoms with Crippen molar-refractivity contribution in [3.05, 3.63) is 29.1 Å². The fraction of sp³-hybridized carbons (Fsp3) is 0.737. The fourth-order valence-corrected chi connectivity index (χ4v) is 3.23. The number of hydrogen-bond acceptors (Lipinski definition) is 4. The van der Waals surface area contributed by atoms with Crippen LogP contribution in [0.5, 0.6) is 0 Å². The van der Waals surface area contributed by atoms with Crippen molar-refractivity contribution < 1.29 is 0 Å². The van der Waals surface area contributed by atoms with E-state index >= 15 is 0 Å². The Morgan fingerprint density at radius 3 is 1.57 bits per heavy atom. The lowest BCUT2D eigenvalue weighted by atomic mass is 10.1. The van der Waals surface area contributed by atoms with Crippen LogP contribution in [0.1, 0.15) is 44.6 Å². The maximum absolute atomic E-state index is 4.95. The second kappa shape index (κ2) is 9.36. The van der Waals surface area contributed by atoms with Gasteiger partial charge in [-0.25, -0.2) is 0 Å². The van der Waals surface area contributed by atoms with Crippen LogP contribution in [0.2, 0.25) is 0 Å². The van der Waals surface area contributed by atoms with E-state index < -0.39 is 0 Å². The molecule has 0 spiro atoms. The summed E-state index contributed by atoms with van der Waals surface area (Å²) in [5.41, 5.74) is 3.89. The molecular formula is C19H34N4. The third kappa shape index (κ3) is 5.55. The van der Waals surface area contributed by atoms with Crippen LogP contribution in [0.4, 0.5) is 0 Å². The summed E-state index contributed by atoms with van der Waals surface area (Å²) in [5, 5.41) is 0. The van der Waals surface area contributed by atoms with Crippen molar-refractivity contribution in [3.8, 4) is 0 Å². The van der Waals surface area contributed by atoms with E-state index in [1.54, 1.807) is 0 Å². The Labute approximate surface area is 142 Å². The molecule has 0 fully saturated rings. The Morgan fingerprint density at radius 2 is 1.17 bits per heavy atom. The Balaban J connectivity index is 2.26. The molecule has 130 valence electrons. The summed E-state index contributed by atoms with van der Waals surface area (Å²) in [6.07, 6.45) is 1.09. The van der Waals surface area contributed by atoms with Crippen molar-refractivity contribution in [3.63, 3.8) is 0 Å². The Morgan fingerprint density at radius 1 is 0.739 bits per heavy atom. The second-order valence-corrected chi connectivity index (χ2v) is 6.48. The highest BCUT2D eigenvalue weighted by Gasteiger charge is 2.14. The molecule has 0 radical (unpaired) electrons. The number of rotatable bonds is 4. The van der Waals surface area contributed by atoms with Crippen molar-refractivity contribution in [2.75, 3.05) is 45.8 Å². The normalized spacial score (nSPS) is 19.3. The van der Waals surface area contributed by atoms with Gasteiger partial charge < -0.3 is 4.90 Å². The predicted octanol–water partition coefficient (Wildman–Crippen LogP) is 2.62. The monoisotopic (exact) mass is 318 g/mol. The van der Waals surface area contributed by atoms with E-state index in [-0.39, 0.29) is 0 Å². The van der Waals surface area contributed by atoms with E-state index in [1.165, 1.54) is 17.0 Å². The van der Waals surface area contributed by atoms with Crippen LogP contribution >= 0.6 is 0 Å². The Hall–Kier alpha value is -0.970. The molecule has 0 aliphatic carbocycles. The van der Waals surface area contributed by atoms with Crippen molar-refractivity contribution in [2.45, 2.75) is 47.2 Å². The van der Waals surface area contributed by atoms with Gasteiger partial charge in [-0.15, -0.1) is 0 Å². The van der Waals surface area contributed by atoms with E-state index in [2.05, 4.69) is 54.5 Å². The molecule has 0 saturated heterocycles. The summed E-state index contributed by atoms with van der Waals surface area (Å²) < 4.78 is 0. The fourth-order valence-electron chi connectivity index (χ4n) is 3.23. The molecule has 1 aliphatic rings. The number of pyridine rings is 1. The molecule has 4 heteroatoms. The van der Waals surface area contributed by atoms with Crippen molar-refractivity contribution in [1.29, 1.82) is 0 Å². The summed E-state index contributed by atoms with van der Waals surface area (Å²) >= 11 is 0. The zero-order valence-corrected chi connectivity index (χ0v) is 15.5.